The fraction of sp³-hybridized carbons (Fsp3) is 0.350. The maximum absolute atomic E-state index is 12.8. The smallest absolute Gasteiger partial charge is 0.323 e. The molecule has 3 rings (SSSR count). The lowest BCUT2D eigenvalue weighted by Crippen LogP contribution is -2.34. The van der Waals surface area contributed by atoms with Gasteiger partial charge >= 0.3 is 6.03 Å². The highest BCUT2D eigenvalue weighted by Gasteiger charge is 2.31. The Morgan fingerprint density at radius 3 is 2.38 bits per heavy atom. The Bertz CT molecular complexity index is 787. The first-order chi connectivity index (χ1) is 12.5. The zero-order valence-electron chi connectivity index (χ0n) is 15.5. The average Bonchev–Trinajstić information content (AvgIpc) is 3.14. The number of nitrogens with zero attached hydrogens (tertiary/aromatic N) is 1. The molecule has 1 atom stereocenters. The molecule has 26 heavy (non-hydrogen) atoms. The maximum Gasteiger partial charge on any atom is 0.323 e. The van der Waals surface area contributed by atoms with Crippen molar-refractivity contribution in [3.63, 3.8) is 0 Å². The van der Waals surface area contributed by atoms with Crippen molar-refractivity contribution in [2.75, 3.05) is 31.8 Å². The van der Waals surface area contributed by atoms with E-state index in [1.54, 1.807) is 26.0 Å². The number of hydrogen-bond donors (Lipinski definition) is 1. The maximum atomic E-state index is 12.8. The molecule has 0 radical (unpaired) electrons. The summed E-state index contributed by atoms with van der Waals surface area (Å²) in [5.74, 6) is 2.34. The van der Waals surface area contributed by atoms with E-state index in [1.165, 1.54) is 5.56 Å². The average molecular weight is 372 g/mol. The monoisotopic (exact) mass is 372 g/mol. The van der Waals surface area contributed by atoms with Gasteiger partial charge in [0.1, 0.15) is 16.9 Å². The molecule has 1 aliphatic heterocycles. The Kier molecular flexibility index (Phi) is 5.61. The van der Waals surface area contributed by atoms with Crippen LogP contribution in [-0.4, -0.2) is 37.4 Å². The molecule has 2 amide bonds. The van der Waals surface area contributed by atoms with Crippen LogP contribution < -0.4 is 14.8 Å². The first kappa shape index (κ1) is 18.5. The third kappa shape index (κ3) is 3.90. The number of rotatable bonds is 4. The summed E-state index contributed by atoms with van der Waals surface area (Å²) in [5, 5.41) is 2.96. The second-order valence-electron chi connectivity index (χ2n) is 6.29. The van der Waals surface area contributed by atoms with Crippen molar-refractivity contribution < 1.29 is 14.3 Å². The van der Waals surface area contributed by atoms with Gasteiger partial charge in [-0.15, -0.1) is 11.8 Å². The van der Waals surface area contributed by atoms with Crippen molar-refractivity contribution in [2.24, 2.45) is 0 Å². The van der Waals surface area contributed by atoms with Gasteiger partial charge in [0.2, 0.25) is 0 Å². The molecule has 0 bridgehead atoms. The van der Waals surface area contributed by atoms with Crippen molar-refractivity contribution in [3.8, 4) is 11.5 Å². The van der Waals surface area contributed by atoms with Crippen molar-refractivity contribution in [2.45, 2.75) is 19.2 Å². The van der Waals surface area contributed by atoms with Crippen LogP contribution in [0.4, 0.5) is 10.5 Å². The summed E-state index contributed by atoms with van der Waals surface area (Å²) in [6.07, 6.45) is 0. The number of thioether (sulfide) groups is 1. The molecule has 1 saturated heterocycles. The van der Waals surface area contributed by atoms with Crippen LogP contribution in [0.5, 0.6) is 11.5 Å². The number of anilines is 1. The lowest BCUT2D eigenvalue weighted by molar-refractivity contribution is 0.214. The van der Waals surface area contributed by atoms with Crippen LogP contribution >= 0.6 is 11.8 Å². The summed E-state index contributed by atoms with van der Waals surface area (Å²) in [7, 11) is 3.26. The molecule has 2 aromatic rings. The van der Waals surface area contributed by atoms with Gasteiger partial charge in [-0.05, 0) is 54.8 Å². The van der Waals surface area contributed by atoms with Crippen molar-refractivity contribution in [1.29, 1.82) is 0 Å². The summed E-state index contributed by atoms with van der Waals surface area (Å²) in [6.45, 7) is 4.80. The molecular weight excluding hydrogens is 348 g/mol. The highest BCUT2D eigenvalue weighted by atomic mass is 32.2. The lowest BCUT2D eigenvalue weighted by atomic mass is 10.1. The molecule has 0 saturated carbocycles. The highest BCUT2D eigenvalue weighted by Crippen LogP contribution is 2.40. The topological polar surface area (TPSA) is 50.8 Å². The number of carbonyl (C=O) groups is 1. The highest BCUT2D eigenvalue weighted by molar-refractivity contribution is 7.99. The third-order valence-electron chi connectivity index (χ3n) is 4.57. The van der Waals surface area contributed by atoms with Crippen LogP contribution in [-0.2, 0) is 0 Å². The van der Waals surface area contributed by atoms with E-state index in [1.807, 2.05) is 48.2 Å². The zero-order valence-corrected chi connectivity index (χ0v) is 16.4. The SMILES string of the molecule is COc1cc(OC)cc([C@@H]2SCCN2C(=O)Nc2ccc(C)c(C)c2)c1. The van der Waals surface area contributed by atoms with Gasteiger partial charge in [0.05, 0.1) is 14.2 Å². The number of hydrogen-bond acceptors (Lipinski definition) is 4. The fourth-order valence-electron chi connectivity index (χ4n) is 2.94. The third-order valence-corrected chi connectivity index (χ3v) is 5.83. The number of nitrogens with one attached hydrogen (secondary N) is 1. The van der Waals surface area contributed by atoms with Gasteiger partial charge in [-0.25, -0.2) is 4.79 Å². The van der Waals surface area contributed by atoms with Crippen molar-refractivity contribution in [3.05, 3.63) is 53.1 Å². The first-order valence-electron chi connectivity index (χ1n) is 8.51. The van der Waals surface area contributed by atoms with Crippen LogP contribution in [0.15, 0.2) is 36.4 Å². The van der Waals surface area contributed by atoms with Crippen LogP contribution in [0.1, 0.15) is 22.1 Å². The van der Waals surface area contributed by atoms with Crippen LogP contribution in [0, 0.1) is 13.8 Å². The number of carbonyl (C=O) groups excluding carboxylic acids is 1. The predicted molar refractivity (Wildman–Crippen MR) is 106 cm³/mol. The van der Waals surface area contributed by atoms with E-state index in [0.29, 0.717) is 6.54 Å². The van der Waals surface area contributed by atoms with Gasteiger partial charge in [0.15, 0.2) is 0 Å². The van der Waals surface area contributed by atoms with Crippen molar-refractivity contribution in [1.82, 2.24) is 4.90 Å². The van der Waals surface area contributed by atoms with E-state index in [2.05, 4.69) is 12.2 Å². The quantitative estimate of drug-likeness (QED) is 0.852. The Balaban J connectivity index is 1.81. The molecule has 0 spiro atoms. The molecule has 138 valence electrons. The van der Waals surface area contributed by atoms with Crippen molar-refractivity contribution >= 4 is 23.5 Å². The molecule has 0 unspecified atom stereocenters. The number of ether oxygens (including phenoxy) is 2. The molecule has 1 aliphatic rings. The molecule has 1 heterocycles. The summed E-state index contributed by atoms with van der Waals surface area (Å²) in [4.78, 5) is 14.7. The number of urea groups is 1. The van der Waals surface area contributed by atoms with Gasteiger partial charge in [0.25, 0.3) is 0 Å². The van der Waals surface area contributed by atoms with Crippen LogP contribution in [0.25, 0.3) is 0 Å². The van der Waals surface area contributed by atoms with Gasteiger partial charge in [-0.1, -0.05) is 6.07 Å². The Hall–Kier alpha value is -2.34. The van der Waals surface area contributed by atoms with Gasteiger partial charge in [-0.3, -0.25) is 0 Å². The number of benzene rings is 2. The van der Waals surface area contributed by atoms with E-state index in [0.717, 1.165) is 34.1 Å². The minimum atomic E-state index is -0.0926. The van der Waals surface area contributed by atoms with Gasteiger partial charge < -0.3 is 19.7 Å². The summed E-state index contributed by atoms with van der Waals surface area (Å²) < 4.78 is 10.7. The van der Waals surface area contributed by atoms with E-state index in [-0.39, 0.29) is 11.4 Å². The number of amides is 2. The van der Waals surface area contributed by atoms with Crippen LogP contribution in [0.2, 0.25) is 0 Å². The zero-order chi connectivity index (χ0) is 18.7. The largest absolute Gasteiger partial charge is 0.497 e. The molecule has 0 aliphatic carbocycles. The minimum absolute atomic E-state index is 0.0643. The van der Waals surface area contributed by atoms with E-state index in [4.69, 9.17) is 9.47 Å². The number of aryl methyl sites for hydroxylation is 2. The summed E-state index contributed by atoms with van der Waals surface area (Å²) >= 11 is 1.74. The normalized spacial score (nSPS) is 16.5. The molecule has 0 aromatic heterocycles. The molecular formula is C20H24N2O3S. The molecule has 2 aromatic carbocycles. The molecule has 6 heteroatoms. The summed E-state index contributed by atoms with van der Waals surface area (Å²) in [6, 6.07) is 11.6. The van der Waals surface area contributed by atoms with E-state index < -0.39 is 0 Å². The second kappa shape index (κ2) is 7.91. The fourth-order valence-corrected chi connectivity index (χ4v) is 4.18. The Labute approximate surface area is 158 Å². The standard InChI is InChI=1S/C20H24N2O3S/c1-13-5-6-16(9-14(13)2)21-20(23)22-7-8-26-19(22)15-10-17(24-3)12-18(11-15)25-4/h5-6,9-12,19H,7-8H2,1-4H3,(H,21,23)/t19-/m0/s1. The molecule has 1 N–H and O–H groups in total. The lowest BCUT2D eigenvalue weighted by Gasteiger charge is -2.25. The van der Waals surface area contributed by atoms with Gasteiger partial charge in [0, 0.05) is 24.1 Å². The minimum Gasteiger partial charge on any atom is -0.497 e. The Morgan fingerprint density at radius 1 is 1.08 bits per heavy atom. The first-order valence-corrected chi connectivity index (χ1v) is 9.56. The van der Waals surface area contributed by atoms with E-state index >= 15 is 0 Å². The van der Waals surface area contributed by atoms with Crippen LogP contribution in [0.3, 0.4) is 0 Å². The predicted octanol–water partition coefficient (Wildman–Crippen LogP) is 4.60. The second-order valence-corrected chi connectivity index (χ2v) is 7.48. The van der Waals surface area contributed by atoms with E-state index in [9.17, 15) is 4.79 Å². The molecule has 1 fully saturated rings. The summed E-state index contributed by atoms with van der Waals surface area (Å²) in [5.41, 5.74) is 4.18. The Morgan fingerprint density at radius 2 is 1.77 bits per heavy atom. The molecule has 5 nitrogen and oxygen atoms in total. The number of methoxy groups -OCH3 is 2. The van der Waals surface area contributed by atoms with Gasteiger partial charge in [-0.2, -0.15) is 0 Å².